The first-order valence-electron chi connectivity index (χ1n) is 37.8. The third-order valence-corrected chi connectivity index (χ3v) is 20.8. The number of hydrogen-bond donors (Lipinski definition) is 23. The molecule has 0 aromatic rings. The van der Waals surface area contributed by atoms with Crippen LogP contribution in [0.25, 0.3) is 0 Å². The van der Waals surface area contributed by atoms with E-state index in [1.807, 2.05) is 76.3 Å². The fourth-order valence-electron chi connectivity index (χ4n) is 14.8. The summed E-state index contributed by atoms with van der Waals surface area (Å²) in [5, 5.41) is 248. The van der Waals surface area contributed by atoms with Gasteiger partial charge in [-0.2, -0.15) is 0 Å². The van der Waals surface area contributed by atoms with Gasteiger partial charge in [-0.3, -0.25) is 0 Å². The summed E-state index contributed by atoms with van der Waals surface area (Å²) in [5.74, 6) is -1.66. The van der Waals surface area contributed by atoms with Crippen molar-refractivity contribution in [3.63, 3.8) is 0 Å². The lowest BCUT2D eigenvalue weighted by molar-refractivity contribution is -0.234. The third kappa shape index (κ3) is 34.7. The third-order valence-electron chi connectivity index (χ3n) is 20.8. The summed E-state index contributed by atoms with van der Waals surface area (Å²) in [6.07, 6.45) is -6.40. The lowest BCUT2D eigenvalue weighted by Crippen LogP contribution is -2.59. The fourth-order valence-corrected chi connectivity index (χ4v) is 14.8. The normalized spacial score (nSPS) is 30.1. The van der Waals surface area contributed by atoms with Gasteiger partial charge in [0.1, 0.15) is 61.0 Å². The van der Waals surface area contributed by atoms with Gasteiger partial charge in [0.15, 0.2) is 0 Å². The van der Waals surface area contributed by atoms with E-state index in [9.17, 15) is 112 Å². The van der Waals surface area contributed by atoms with E-state index >= 15 is 0 Å². The summed E-state index contributed by atoms with van der Waals surface area (Å²) < 4.78 is 11.7. The van der Waals surface area contributed by atoms with Crippen LogP contribution in [0.4, 0.5) is 0 Å². The van der Waals surface area contributed by atoms with Gasteiger partial charge in [0.05, 0.1) is 104 Å². The smallest absolute Gasteiger partial charge is 0.115 e. The highest BCUT2D eigenvalue weighted by Crippen LogP contribution is 2.38. The molecule has 0 bridgehead atoms. The quantitative estimate of drug-likeness (QED) is 0.0236. The standard InChI is InChI=1S/C79H136O25/c1-9-10-11-12-13-14-15-16-17-18-19-20-21-22-23-61(88)73(98)78-76(101)67(94)43-69(104-78)77(102)71(96)50(7)25-27-60(87)68-42-66(93)75(100)79(103-68)74(99)63(90)34-45(2)24-26-54(81)41-65(92)70(95)51(8)36-57(84)32-48(5)31-55(82)29-46(3)28-47(4)30-56(83)33-49(6)35-62(89)52-37-53(72(97)64(91)39-52)38-58(85)40-59(86)44-80/h9-11,14-19,22-23,28,34,46,48-49,51-102H,1,7,12-13,20-21,24-27,29-33,35-44H2,2-6,8H3. The Bertz CT molecular complexity index is 2580. The monoisotopic (exact) mass is 1480 g/mol. The van der Waals surface area contributed by atoms with Crippen LogP contribution in [0.1, 0.15) is 183 Å². The average molecular weight is 1490 g/mol. The van der Waals surface area contributed by atoms with Crippen molar-refractivity contribution in [3.05, 3.63) is 109 Å². The highest BCUT2D eigenvalue weighted by atomic mass is 16.6. The van der Waals surface area contributed by atoms with Gasteiger partial charge in [0.2, 0.25) is 0 Å². The first-order valence-corrected chi connectivity index (χ1v) is 37.8. The highest BCUT2D eigenvalue weighted by molar-refractivity contribution is 5.13. The Morgan fingerprint density at radius 2 is 1.00 bits per heavy atom. The van der Waals surface area contributed by atoms with Crippen LogP contribution in [0.5, 0.6) is 0 Å². The predicted octanol–water partition coefficient (Wildman–Crippen LogP) is 2.24. The summed E-state index contributed by atoms with van der Waals surface area (Å²) in [5.41, 5.74) is 1.42. The van der Waals surface area contributed by atoms with Crippen LogP contribution in [0.15, 0.2) is 109 Å². The number of hydrogen-bond acceptors (Lipinski definition) is 25. The highest BCUT2D eigenvalue weighted by Gasteiger charge is 2.48. The summed E-state index contributed by atoms with van der Waals surface area (Å²) in [4.78, 5) is 0. The molecule has 104 heavy (non-hydrogen) atoms. The summed E-state index contributed by atoms with van der Waals surface area (Å²) >= 11 is 0. The number of aliphatic hydroxyl groups excluding tert-OH is 23. The Hall–Kier alpha value is -3.34. The molecule has 0 radical (unpaired) electrons. The van der Waals surface area contributed by atoms with E-state index in [1.54, 1.807) is 26.0 Å². The molecule has 2 heterocycles. The SMILES string of the molecule is C=CC=CCCC=CC=CC=CCCC=CC(O)C(O)C1OC(C(O)C(O)C(=C)CCC(O)C2CC(O)C(O)C(C(O)C(O)C=C(C)CCC(O)CC(O)C(O)C(C)CC(O)CC(C)CC(O)CC(C)C=C(C)CC(O)CC(C)CC(O)C3CC(O)C(O)C(CC(O)CC(O)CO)C3)O2)CC(O)C1O. The molecule has 0 amide bonds. The van der Waals surface area contributed by atoms with Gasteiger partial charge < -0.3 is 127 Å². The topological polar surface area (TPSA) is 484 Å². The largest absolute Gasteiger partial charge is 0.394 e. The number of rotatable bonds is 50. The van der Waals surface area contributed by atoms with E-state index in [0.717, 1.165) is 18.4 Å². The molecule has 32 atom stereocenters. The Morgan fingerprint density at radius 1 is 0.471 bits per heavy atom. The van der Waals surface area contributed by atoms with Gasteiger partial charge in [-0.05, 0) is 171 Å². The molecule has 23 N–H and O–H groups in total. The van der Waals surface area contributed by atoms with Gasteiger partial charge in [-0.15, -0.1) is 0 Å². The van der Waals surface area contributed by atoms with E-state index in [-0.39, 0.29) is 99.9 Å². The molecule has 0 spiro atoms. The lowest BCUT2D eigenvalue weighted by Gasteiger charge is -2.42. The first kappa shape index (κ1) is 94.9. The van der Waals surface area contributed by atoms with Gasteiger partial charge >= 0.3 is 0 Å². The van der Waals surface area contributed by atoms with E-state index in [2.05, 4.69) is 19.2 Å². The molecule has 25 heteroatoms. The van der Waals surface area contributed by atoms with Gasteiger partial charge in [0, 0.05) is 25.7 Å². The molecule has 0 aromatic heterocycles. The van der Waals surface area contributed by atoms with Crippen LogP contribution in [0.3, 0.4) is 0 Å². The number of allylic oxidation sites excluding steroid dienone is 12. The van der Waals surface area contributed by atoms with Gasteiger partial charge in [0.25, 0.3) is 0 Å². The summed E-state index contributed by atoms with van der Waals surface area (Å²) in [6.45, 7) is 18.0. The zero-order valence-corrected chi connectivity index (χ0v) is 62.3. The summed E-state index contributed by atoms with van der Waals surface area (Å²) in [7, 11) is 0. The predicted molar refractivity (Wildman–Crippen MR) is 394 cm³/mol. The number of unbranched alkanes of at least 4 members (excludes halogenated alkanes) is 2. The lowest BCUT2D eigenvalue weighted by atomic mass is 9.72. The van der Waals surface area contributed by atoms with Crippen LogP contribution in [-0.4, -0.2) is 283 Å². The fraction of sp³-hybridized carbons (Fsp3) is 0.772. The summed E-state index contributed by atoms with van der Waals surface area (Å²) in [6, 6.07) is 0. The molecule has 2 saturated heterocycles. The maximum atomic E-state index is 11.2. The second-order valence-corrected chi connectivity index (χ2v) is 30.9. The molecular weight excluding hydrogens is 1350 g/mol. The van der Waals surface area contributed by atoms with Crippen LogP contribution >= 0.6 is 0 Å². The zero-order valence-electron chi connectivity index (χ0n) is 62.3. The number of aliphatic hydroxyl groups is 23. The van der Waals surface area contributed by atoms with Crippen molar-refractivity contribution in [3.8, 4) is 0 Å². The average Bonchev–Trinajstić information content (AvgIpc) is 0.816. The minimum Gasteiger partial charge on any atom is -0.394 e. The molecule has 1 saturated carbocycles. The van der Waals surface area contributed by atoms with Gasteiger partial charge in [-0.1, -0.05) is 131 Å². The van der Waals surface area contributed by atoms with Crippen LogP contribution in [0, 0.1) is 35.5 Å². The molecule has 0 aromatic carbocycles. The van der Waals surface area contributed by atoms with E-state index in [0.29, 0.717) is 63.4 Å². The van der Waals surface area contributed by atoms with Crippen LogP contribution in [0.2, 0.25) is 0 Å². The Morgan fingerprint density at radius 3 is 1.60 bits per heavy atom. The molecule has 2 aliphatic heterocycles. The molecular formula is C79H136O25. The van der Waals surface area contributed by atoms with Crippen LogP contribution in [-0.2, 0) is 9.47 Å². The van der Waals surface area contributed by atoms with Crippen molar-refractivity contribution < 1.29 is 127 Å². The van der Waals surface area contributed by atoms with Crippen molar-refractivity contribution in [1.29, 1.82) is 0 Å². The maximum absolute atomic E-state index is 11.2. The zero-order chi connectivity index (χ0) is 78.1. The van der Waals surface area contributed by atoms with Gasteiger partial charge in [-0.25, -0.2) is 0 Å². The van der Waals surface area contributed by atoms with E-state index in [1.165, 1.54) is 12.2 Å². The Kier molecular flexibility index (Phi) is 45.4. The van der Waals surface area contributed by atoms with E-state index < -0.39 is 177 Å². The number of ether oxygens (including phenoxy) is 2. The van der Waals surface area contributed by atoms with Crippen molar-refractivity contribution in [1.82, 2.24) is 0 Å². The maximum Gasteiger partial charge on any atom is 0.115 e. The van der Waals surface area contributed by atoms with Crippen molar-refractivity contribution in [2.45, 2.75) is 342 Å². The minimum absolute atomic E-state index is 0.00426. The minimum atomic E-state index is -1.83. The molecule has 32 unspecified atom stereocenters. The Labute approximate surface area is 616 Å². The Balaban J connectivity index is 1.39. The molecule has 3 rings (SSSR count). The van der Waals surface area contributed by atoms with Crippen molar-refractivity contribution in [2.75, 3.05) is 6.61 Å². The molecule has 25 nitrogen and oxygen atoms in total. The molecule has 3 fully saturated rings. The second-order valence-electron chi connectivity index (χ2n) is 30.9. The molecule has 602 valence electrons. The van der Waals surface area contributed by atoms with Crippen molar-refractivity contribution >= 4 is 0 Å². The van der Waals surface area contributed by atoms with Crippen molar-refractivity contribution in [2.24, 2.45) is 35.5 Å². The second kappa shape index (κ2) is 49.7. The van der Waals surface area contributed by atoms with Crippen LogP contribution < -0.4 is 0 Å². The molecule has 1 aliphatic carbocycles. The first-order chi connectivity index (χ1) is 49.0. The van der Waals surface area contributed by atoms with E-state index in [4.69, 9.17) is 14.6 Å². The molecule has 3 aliphatic rings.